The Morgan fingerprint density at radius 2 is 2.22 bits per heavy atom. The van der Waals surface area contributed by atoms with E-state index in [2.05, 4.69) is 18.7 Å². The lowest BCUT2D eigenvalue weighted by atomic mass is 10.5. The summed E-state index contributed by atoms with van der Waals surface area (Å²) in [6, 6.07) is 0. The third-order valence-electron chi connectivity index (χ3n) is 0.858. The fourth-order valence-corrected chi connectivity index (χ4v) is 1.22. The maximum atomic E-state index is 4.84. The van der Waals surface area contributed by atoms with Crippen LogP contribution in [0.4, 0.5) is 0 Å². The minimum atomic E-state index is 0.680. The molecule has 0 unspecified atom stereocenters. The lowest BCUT2D eigenvalue weighted by Crippen LogP contribution is -2.02. The first-order chi connectivity index (χ1) is 4.27. The van der Waals surface area contributed by atoms with E-state index >= 15 is 0 Å². The molecule has 0 heterocycles. The zero-order valence-electron chi connectivity index (χ0n) is 6.09. The van der Waals surface area contributed by atoms with Gasteiger partial charge in [0.25, 0.3) is 0 Å². The molecule has 0 aliphatic carbocycles. The van der Waals surface area contributed by atoms with Gasteiger partial charge in [0.1, 0.15) is 0 Å². The second-order valence-electron chi connectivity index (χ2n) is 2.14. The monoisotopic (exact) mass is 149 g/mol. The fraction of sp³-hybridized carbons (Fsp3) is 1.00. The van der Waals surface area contributed by atoms with Crippen molar-refractivity contribution >= 4 is 11.8 Å². The SMILES string of the molecule is CC(C)SCCCON. The Bertz CT molecular complexity index is 59.0. The molecular weight excluding hydrogens is 134 g/mol. The van der Waals surface area contributed by atoms with Crippen LogP contribution < -0.4 is 5.90 Å². The summed E-state index contributed by atoms with van der Waals surface area (Å²) in [5.41, 5.74) is 0. The van der Waals surface area contributed by atoms with Gasteiger partial charge in [-0.1, -0.05) is 13.8 Å². The van der Waals surface area contributed by atoms with Crippen molar-refractivity contribution in [3.8, 4) is 0 Å². The topological polar surface area (TPSA) is 35.2 Å². The standard InChI is InChI=1S/C6H15NOS/c1-6(2)9-5-3-4-8-7/h6H,3-5,7H2,1-2H3. The molecule has 0 saturated heterocycles. The zero-order valence-corrected chi connectivity index (χ0v) is 6.91. The quantitative estimate of drug-likeness (QED) is 0.474. The average Bonchev–Trinajstić information content (AvgIpc) is 1.80. The molecule has 0 saturated carbocycles. The van der Waals surface area contributed by atoms with Gasteiger partial charge in [-0.2, -0.15) is 11.8 Å². The van der Waals surface area contributed by atoms with Gasteiger partial charge in [-0.25, -0.2) is 5.90 Å². The molecule has 0 aromatic carbocycles. The summed E-state index contributed by atoms with van der Waals surface area (Å²) in [7, 11) is 0. The van der Waals surface area contributed by atoms with Crippen molar-refractivity contribution in [1.82, 2.24) is 0 Å². The summed E-state index contributed by atoms with van der Waals surface area (Å²) in [6.45, 7) is 5.06. The predicted octanol–water partition coefficient (Wildman–Crippen LogP) is 1.41. The molecule has 0 rings (SSSR count). The van der Waals surface area contributed by atoms with E-state index in [1.54, 1.807) is 0 Å². The van der Waals surface area contributed by atoms with Gasteiger partial charge in [-0.15, -0.1) is 0 Å². The van der Waals surface area contributed by atoms with Crippen LogP contribution in [-0.2, 0) is 4.84 Å². The van der Waals surface area contributed by atoms with Crippen molar-refractivity contribution in [1.29, 1.82) is 0 Å². The maximum Gasteiger partial charge on any atom is 0.0687 e. The van der Waals surface area contributed by atoms with E-state index in [0.29, 0.717) is 6.61 Å². The third kappa shape index (κ3) is 8.27. The Morgan fingerprint density at radius 1 is 1.56 bits per heavy atom. The number of thioether (sulfide) groups is 1. The van der Waals surface area contributed by atoms with E-state index in [4.69, 9.17) is 5.90 Å². The van der Waals surface area contributed by atoms with Crippen molar-refractivity contribution in [3.63, 3.8) is 0 Å². The van der Waals surface area contributed by atoms with Gasteiger partial charge >= 0.3 is 0 Å². The number of nitrogens with two attached hydrogens (primary N) is 1. The number of hydrogen-bond donors (Lipinski definition) is 1. The Kier molecular flexibility index (Phi) is 6.58. The summed E-state index contributed by atoms with van der Waals surface area (Å²) in [5, 5.41) is 0.725. The van der Waals surface area contributed by atoms with Gasteiger partial charge in [-0.05, 0) is 17.4 Å². The molecule has 0 spiro atoms. The second kappa shape index (κ2) is 6.39. The van der Waals surface area contributed by atoms with Crippen LogP contribution in [0.25, 0.3) is 0 Å². The lowest BCUT2D eigenvalue weighted by molar-refractivity contribution is 0.139. The lowest BCUT2D eigenvalue weighted by Gasteiger charge is -2.02. The summed E-state index contributed by atoms with van der Waals surface area (Å²) < 4.78 is 0. The van der Waals surface area contributed by atoms with Crippen LogP contribution in [0.1, 0.15) is 20.3 Å². The molecule has 0 aliphatic rings. The fourth-order valence-electron chi connectivity index (χ4n) is 0.461. The molecular formula is C6H15NOS. The van der Waals surface area contributed by atoms with E-state index in [1.165, 1.54) is 0 Å². The molecule has 9 heavy (non-hydrogen) atoms. The minimum Gasteiger partial charge on any atom is -0.305 e. The minimum absolute atomic E-state index is 0.680. The zero-order chi connectivity index (χ0) is 7.11. The van der Waals surface area contributed by atoms with Crippen molar-refractivity contribution in [3.05, 3.63) is 0 Å². The molecule has 0 fully saturated rings. The van der Waals surface area contributed by atoms with Crippen molar-refractivity contribution in [2.45, 2.75) is 25.5 Å². The van der Waals surface area contributed by atoms with Crippen LogP contribution in [-0.4, -0.2) is 17.6 Å². The van der Waals surface area contributed by atoms with Crippen LogP contribution >= 0.6 is 11.8 Å². The molecule has 56 valence electrons. The normalized spacial score (nSPS) is 10.7. The van der Waals surface area contributed by atoms with E-state index in [1.807, 2.05) is 11.8 Å². The molecule has 0 aromatic rings. The molecule has 0 radical (unpaired) electrons. The van der Waals surface area contributed by atoms with Crippen molar-refractivity contribution < 1.29 is 4.84 Å². The van der Waals surface area contributed by atoms with Gasteiger partial charge < -0.3 is 4.84 Å². The molecule has 0 aliphatic heterocycles. The maximum absolute atomic E-state index is 4.84. The second-order valence-corrected chi connectivity index (χ2v) is 3.83. The summed E-state index contributed by atoms with van der Waals surface area (Å²) in [6.07, 6.45) is 1.05. The van der Waals surface area contributed by atoms with Gasteiger partial charge in [0, 0.05) is 0 Å². The Labute approximate surface area is 61.1 Å². The first-order valence-electron chi connectivity index (χ1n) is 3.20. The van der Waals surface area contributed by atoms with Crippen LogP contribution in [0.2, 0.25) is 0 Å². The number of rotatable bonds is 5. The van der Waals surface area contributed by atoms with E-state index in [0.717, 1.165) is 17.4 Å². The van der Waals surface area contributed by atoms with Gasteiger partial charge in [0.05, 0.1) is 6.61 Å². The molecule has 0 bridgehead atoms. The Morgan fingerprint density at radius 3 is 2.67 bits per heavy atom. The highest BCUT2D eigenvalue weighted by atomic mass is 32.2. The smallest absolute Gasteiger partial charge is 0.0687 e. The first-order valence-corrected chi connectivity index (χ1v) is 4.25. The Hall–Kier alpha value is 0.270. The Balaban J connectivity index is 2.75. The van der Waals surface area contributed by atoms with Gasteiger partial charge in [0.2, 0.25) is 0 Å². The van der Waals surface area contributed by atoms with Crippen molar-refractivity contribution in [2.24, 2.45) is 5.90 Å². The highest BCUT2D eigenvalue weighted by molar-refractivity contribution is 7.99. The van der Waals surface area contributed by atoms with Crippen LogP contribution in [0, 0.1) is 0 Å². The van der Waals surface area contributed by atoms with E-state index in [9.17, 15) is 0 Å². The first kappa shape index (κ1) is 9.27. The predicted molar refractivity (Wildman–Crippen MR) is 42.4 cm³/mol. The summed E-state index contributed by atoms with van der Waals surface area (Å²) in [5.74, 6) is 5.98. The number of hydrogen-bond acceptors (Lipinski definition) is 3. The highest BCUT2D eigenvalue weighted by Gasteiger charge is 1.92. The molecule has 3 heteroatoms. The van der Waals surface area contributed by atoms with Gasteiger partial charge in [0.15, 0.2) is 0 Å². The molecule has 0 atom stereocenters. The summed E-state index contributed by atoms with van der Waals surface area (Å²) >= 11 is 1.94. The molecule has 0 amide bonds. The van der Waals surface area contributed by atoms with E-state index < -0.39 is 0 Å². The van der Waals surface area contributed by atoms with Gasteiger partial charge in [-0.3, -0.25) is 0 Å². The van der Waals surface area contributed by atoms with E-state index in [-0.39, 0.29) is 0 Å². The van der Waals surface area contributed by atoms with Crippen LogP contribution in [0.5, 0.6) is 0 Å². The van der Waals surface area contributed by atoms with Crippen molar-refractivity contribution in [2.75, 3.05) is 12.4 Å². The van der Waals surface area contributed by atoms with Crippen LogP contribution in [0.15, 0.2) is 0 Å². The van der Waals surface area contributed by atoms with Crippen LogP contribution in [0.3, 0.4) is 0 Å². The summed E-state index contributed by atoms with van der Waals surface area (Å²) in [4.78, 5) is 4.41. The molecule has 2 nitrogen and oxygen atoms in total. The highest BCUT2D eigenvalue weighted by Crippen LogP contribution is 2.09. The average molecular weight is 149 g/mol. The largest absolute Gasteiger partial charge is 0.305 e. The molecule has 2 N–H and O–H groups in total. The molecule has 0 aromatic heterocycles. The third-order valence-corrected chi connectivity index (χ3v) is 2.05.